The number of rotatable bonds is 4. The summed E-state index contributed by atoms with van der Waals surface area (Å²) in [4.78, 5) is 35.7. The van der Waals surface area contributed by atoms with Crippen molar-refractivity contribution in [3.05, 3.63) is 75.2 Å². The molecule has 0 saturated carbocycles. The lowest BCUT2D eigenvalue weighted by Gasteiger charge is -2.44. The number of halogens is 4. The highest BCUT2D eigenvalue weighted by Crippen LogP contribution is 2.37. The number of nitrogens with one attached hydrogen (secondary N) is 2. The molecule has 0 bridgehead atoms. The molecule has 0 radical (unpaired) electrons. The fourth-order valence-corrected chi connectivity index (χ4v) is 4.76. The van der Waals surface area contributed by atoms with Crippen LogP contribution in [0, 0.1) is 24.1 Å². The standard InChI is InChI=1S/C27H26F4N6O2/c1-14-7-17(10-32)34-11-19(14)18-8-22(23(9-21(18)28)37-12-15(2)36(4)16(3)13-37)35-26(39)24-20(27(29,30)31)5-6-33-25(24)38/h5-9,11,15-16H,12-13H2,1-4H3,(H,33,38)(H,35,39)/t15-,16+. The van der Waals surface area contributed by atoms with Gasteiger partial charge in [-0.25, -0.2) is 9.37 Å². The highest BCUT2D eigenvalue weighted by molar-refractivity contribution is 6.07. The van der Waals surface area contributed by atoms with Gasteiger partial charge in [0.15, 0.2) is 0 Å². The maximum Gasteiger partial charge on any atom is 0.417 e. The smallest absolute Gasteiger partial charge is 0.367 e. The Morgan fingerprint density at radius 1 is 1.18 bits per heavy atom. The van der Waals surface area contributed by atoms with E-state index >= 15 is 4.39 Å². The molecule has 39 heavy (non-hydrogen) atoms. The van der Waals surface area contributed by atoms with Gasteiger partial charge < -0.3 is 15.2 Å². The first kappa shape index (κ1) is 27.8. The summed E-state index contributed by atoms with van der Waals surface area (Å²) in [5, 5.41) is 11.6. The summed E-state index contributed by atoms with van der Waals surface area (Å²) in [5.41, 5.74) is -2.38. The van der Waals surface area contributed by atoms with Crippen LogP contribution in [0.25, 0.3) is 11.1 Å². The van der Waals surface area contributed by atoms with Crippen LogP contribution in [0.15, 0.2) is 41.5 Å². The number of amides is 1. The Kier molecular flexibility index (Phi) is 7.48. The average molecular weight is 543 g/mol. The fourth-order valence-electron chi connectivity index (χ4n) is 4.76. The number of piperazine rings is 1. The molecule has 1 aromatic carbocycles. The van der Waals surface area contributed by atoms with Crippen molar-refractivity contribution >= 4 is 17.3 Å². The van der Waals surface area contributed by atoms with Crippen LogP contribution in [0.5, 0.6) is 0 Å². The zero-order valence-corrected chi connectivity index (χ0v) is 21.7. The SMILES string of the molecule is Cc1cc(C#N)ncc1-c1cc(NC(=O)c2c(C(F)(F)F)cc[nH]c2=O)c(N2C[C@@H](C)N(C)[C@@H](C)C2)cc1F. The van der Waals surface area contributed by atoms with E-state index in [-0.39, 0.29) is 34.7 Å². The van der Waals surface area contributed by atoms with E-state index < -0.39 is 34.6 Å². The minimum Gasteiger partial charge on any atom is -0.367 e. The van der Waals surface area contributed by atoms with Gasteiger partial charge in [-0.1, -0.05) is 0 Å². The summed E-state index contributed by atoms with van der Waals surface area (Å²) in [6.07, 6.45) is -2.82. The number of anilines is 2. The minimum absolute atomic E-state index is 0.0248. The van der Waals surface area contributed by atoms with Crippen LogP contribution < -0.4 is 15.8 Å². The van der Waals surface area contributed by atoms with E-state index in [2.05, 4.69) is 20.2 Å². The summed E-state index contributed by atoms with van der Waals surface area (Å²) < 4.78 is 56.5. The van der Waals surface area contributed by atoms with E-state index in [1.54, 1.807) is 6.92 Å². The van der Waals surface area contributed by atoms with Crippen LogP contribution in [-0.2, 0) is 6.18 Å². The lowest BCUT2D eigenvalue weighted by molar-refractivity contribution is -0.138. The number of likely N-dealkylation sites (N-methyl/N-ethyl adjacent to an activating group) is 1. The summed E-state index contributed by atoms with van der Waals surface area (Å²) in [7, 11) is 1.96. The van der Waals surface area contributed by atoms with E-state index in [0.717, 1.165) is 6.20 Å². The van der Waals surface area contributed by atoms with Crippen LogP contribution in [0.3, 0.4) is 0 Å². The molecular weight excluding hydrogens is 516 g/mol. The molecule has 12 heteroatoms. The molecule has 0 aliphatic carbocycles. The molecule has 1 saturated heterocycles. The summed E-state index contributed by atoms with van der Waals surface area (Å²) >= 11 is 0. The number of H-pyrrole nitrogens is 1. The summed E-state index contributed by atoms with van der Waals surface area (Å²) in [5.74, 6) is -1.93. The van der Waals surface area contributed by atoms with Gasteiger partial charge in [0.05, 0.1) is 16.9 Å². The molecule has 4 rings (SSSR count). The average Bonchev–Trinajstić information content (AvgIpc) is 2.87. The van der Waals surface area contributed by atoms with Crippen molar-refractivity contribution < 1.29 is 22.4 Å². The third-order valence-corrected chi connectivity index (χ3v) is 7.04. The molecular formula is C27H26F4N6O2. The maximum absolute atomic E-state index is 15.6. The van der Waals surface area contributed by atoms with Gasteiger partial charge in [-0.15, -0.1) is 0 Å². The summed E-state index contributed by atoms with van der Waals surface area (Å²) in [6, 6.07) is 6.64. The lowest BCUT2D eigenvalue weighted by atomic mass is 9.99. The number of hydrogen-bond donors (Lipinski definition) is 2. The van der Waals surface area contributed by atoms with Crippen molar-refractivity contribution in [1.82, 2.24) is 14.9 Å². The Labute approximate surface area is 221 Å². The number of nitrogens with zero attached hydrogens (tertiary/aromatic N) is 4. The van der Waals surface area contributed by atoms with Crippen LogP contribution in [0.4, 0.5) is 28.9 Å². The van der Waals surface area contributed by atoms with Gasteiger partial charge in [-0.05, 0) is 57.6 Å². The zero-order chi connectivity index (χ0) is 28.6. The first-order valence-electron chi connectivity index (χ1n) is 12.1. The number of alkyl halides is 3. The van der Waals surface area contributed by atoms with E-state index in [4.69, 9.17) is 5.26 Å². The molecule has 1 aliphatic heterocycles. The maximum atomic E-state index is 15.6. The highest BCUT2D eigenvalue weighted by atomic mass is 19.4. The molecule has 2 aromatic heterocycles. The van der Waals surface area contributed by atoms with Gasteiger partial charge in [0.25, 0.3) is 11.5 Å². The quantitative estimate of drug-likeness (QED) is 0.469. The predicted molar refractivity (Wildman–Crippen MR) is 138 cm³/mol. The van der Waals surface area contributed by atoms with Crippen LogP contribution in [0.2, 0.25) is 0 Å². The van der Waals surface area contributed by atoms with Crippen LogP contribution in [-0.4, -0.2) is 53.0 Å². The number of aromatic nitrogens is 2. The van der Waals surface area contributed by atoms with Gasteiger partial charge in [0, 0.05) is 48.7 Å². The monoisotopic (exact) mass is 542 g/mol. The lowest BCUT2D eigenvalue weighted by Crippen LogP contribution is -2.55. The molecule has 8 nitrogen and oxygen atoms in total. The predicted octanol–water partition coefficient (Wildman–Crippen LogP) is 4.56. The zero-order valence-electron chi connectivity index (χ0n) is 21.7. The van der Waals surface area contributed by atoms with Crippen LogP contribution in [0.1, 0.15) is 41.0 Å². The van der Waals surface area contributed by atoms with Crippen molar-refractivity contribution in [3.63, 3.8) is 0 Å². The molecule has 3 aromatic rings. The van der Waals surface area contributed by atoms with Gasteiger partial charge >= 0.3 is 6.18 Å². The summed E-state index contributed by atoms with van der Waals surface area (Å²) in [6.45, 7) is 6.54. The number of nitriles is 1. The molecule has 1 aliphatic rings. The van der Waals surface area contributed by atoms with Crippen LogP contribution >= 0.6 is 0 Å². The van der Waals surface area contributed by atoms with Gasteiger partial charge in [-0.3, -0.25) is 14.5 Å². The third-order valence-electron chi connectivity index (χ3n) is 7.04. The van der Waals surface area contributed by atoms with Crippen molar-refractivity contribution in [2.24, 2.45) is 0 Å². The van der Waals surface area contributed by atoms with Crippen molar-refractivity contribution in [2.75, 3.05) is 30.4 Å². The molecule has 1 fully saturated rings. The Balaban J connectivity index is 1.87. The molecule has 204 valence electrons. The number of aryl methyl sites for hydroxylation is 1. The van der Waals surface area contributed by atoms with Crippen molar-refractivity contribution in [1.29, 1.82) is 5.26 Å². The van der Waals surface area contributed by atoms with Crippen molar-refractivity contribution in [3.8, 4) is 17.2 Å². The normalized spacial score (nSPS) is 18.1. The Bertz CT molecular complexity index is 1520. The number of carbonyl (C=O) groups is 1. The molecule has 0 unspecified atom stereocenters. The number of aromatic amines is 1. The van der Waals surface area contributed by atoms with E-state index in [1.807, 2.05) is 31.9 Å². The van der Waals surface area contributed by atoms with E-state index in [0.29, 0.717) is 30.3 Å². The van der Waals surface area contributed by atoms with E-state index in [1.165, 1.54) is 24.4 Å². The molecule has 2 N–H and O–H groups in total. The minimum atomic E-state index is -4.95. The fraction of sp³-hybridized carbons (Fsp3) is 0.333. The number of hydrogen-bond acceptors (Lipinski definition) is 6. The molecule has 2 atom stereocenters. The highest BCUT2D eigenvalue weighted by Gasteiger charge is 2.37. The first-order chi connectivity index (χ1) is 18.3. The Hall–Kier alpha value is -4.24. The van der Waals surface area contributed by atoms with Gasteiger partial charge in [-0.2, -0.15) is 18.4 Å². The number of carbonyl (C=O) groups excluding carboxylic acids is 1. The molecule has 3 heterocycles. The Morgan fingerprint density at radius 3 is 2.44 bits per heavy atom. The number of pyridine rings is 2. The second-order valence-electron chi connectivity index (χ2n) is 9.66. The molecule has 0 spiro atoms. The van der Waals surface area contributed by atoms with E-state index in [9.17, 15) is 22.8 Å². The second kappa shape index (κ2) is 10.5. The topological polar surface area (TPSA) is 105 Å². The van der Waals surface area contributed by atoms with Crippen molar-refractivity contribution in [2.45, 2.75) is 39.0 Å². The van der Waals surface area contributed by atoms with Gasteiger partial charge in [0.1, 0.15) is 23.1 Å². The third kappa shape index (κ3) is 5.49. The first-order valence-corrected chi connectivity index (χ1v) is 12.1. The van der Waals surface area contributed by atoms with Gasteiger partial charge in [0.2, 0.25) is 0 Å². The Morgan fingerprint density at radius 2 is 1.85 bits per heavy atom. The number of benzene rings is 1. The largest absolute Gasteiger partial charge is 0.417 e. The molecule has 1 amide bonds. The second-order valence-corrected chi connectivity index (χ2v) is 9.66.